The summed E-state index contributed by atoms with van der Waals surface area (Å²) in [6, 6.07) is 8.04. The fourth-order valence-corrected chi connectivity index (χ4v) is 2.96. The van der Waals surface area contributed by atoms with Gasteiger partial charge in [-0.15, -0.1) is 0 Å². The Hall–Kier alpha value is -1.84. The van der Waals surface area contributed by atoms with Gasteiger partial charge in [-0.2, -0.15) is 0 Å². The molecular formula is C17H22N2O2. The highest BCUT2D eigenvalue weighted by Gasteiger charge is 2.50. The fourth-order valence-electron chi connectivity index (χ4n) is 2.96. The number of benzene rings is 1. The largest absolute Gasteiger partial charge is 0.356 e. The molecule has 2 aliphatic rings. The van der Waals surface area contributed by atoms with Crippen molar-refractivity contribution in [3.8, 4) is 0 Å². The molecule has 2 unspecified atom stereocenters. The molecule has 1 saturated carbocycles. The van der Waals surface area contributed by atoms with Crippen LogP contribution in [-0.4, -0.2) is 24.9 Å². The van der Waals surface area contributed by atoms with E-state index >= 15 is 0 Å². The number of para-hydroxylation sites is 1. The number of carbonyl (C=O) groups excluding carboxylic acids is 2. The Bertz CT molecular complexity index is 568. The molecule has 0 spiro atoms. The SMILES string of the molecule is CC(C)CNC(=O)C1CC1C(=O)N1CCc2ccccc21. The molecule has 1 aromatic rings. The van der Waals surface area contributed by atoms with Crippen molar-refractivity contribution >= 4 is 17.5 Å². The smallest absolute Gasteiger partial charge is 0.230 e. The second kappa shape index (κ2) is 5.51. The quantitative estimate of drug-likeness (QED) is 0.920. The molecule has 1 aliphatic heterocycles. The number of hydrogen-bond donors (Lipinski definition) is 1. The van der Waals surface area contributed by atoms with Crippen LogP contribution in [0.3, 0.4) is 0 Å². The number of carbonyl (C=O) groups is 2. The van der Waals surface area contributed by atoms with Crippen LogP contribution < -0.4 is 10.2 Å². The first-order valence-corrected chi connectivity index (χ1v) is 7.75. The van der Waals surface area contributed by atoms with Crippen LogP contribution in [0.5, 0.6) is 0 Å². The maximum atomic E-state index is 12.6. The van der Waals surface area contributed by atoms with Crippen LogP contribution in [-0.2, 0) is 16.0 Å². The molecule has 4 heteroatoms. The fraction of sp³-hybridized carbons (Fsp3) is 0.529. The maximum Gasteiger partial charge on any atom is 0.230 e. The van der Waals surface area contributed by atoms with E-state index in [9.17, 15) is 9.59 Å². The van der Waals surface area contributed by atoms with Crippen LogP contribution >= 0.6 is 0 Å². The van der Waals surface area contributed by atoms with Crippen molar-refractivity contribution < 1.29 is 9.59 Å². The highest BCUT2D eigenvalue weighted by atomic mass is 16.2. The summed E-state index contributed by atoms with van der Waals surface area (Å²) in [5, 5.41) is 2.93. The van der Waals surface area contributed by atoms with Gasteiger partial charge in [-0.3, -0.25) is 9.59 Å². The van der Waals surface area contributed by atoms with E-state index in [1.807, 2.05) is 23.1 Å². The maximum absolute atomic E-state index is 12.6. The van der Waals surface area contributed by atoms with Gasteiger partial charge in [0.2, 0.25) is 11.8 Å². The minimum Gasteiger partial charge on any atom is -0.356 e. The van der Waals surface area contributed by atoms with Gasteiger partial charge in [-0.25, -0.2) is 0 Å². The molecule has 1 aliphatic carbocycles. The molecule has 112 valence electrons. The molecule has 0 radical (unpaired) electrons. The van der Waals surface area contributed by atoms with Crippen LogP contribution in [0.4, 0.5) is 5.69 Å². The van der Waals surface area contributed by atoms with E-state index < -0.39 is 0 Å². The molecule has 4 nitrogen and oxygen atoms in total. The summed E-state index contributed by atoms with van der Waals surface area (Å²) in [5.74, 6) is 0.346. The van der Waals surface area contributed by atoms with E-state index in [1.165, 1.54) is 5.56 Å². The summed E-state index contributed by atoms with van der Waals surface area (Å²) in [6.07, 6.45) is 1.61. The Balaban J connectivity index is 1.60. The molecule has 1 N–H and O–H groups in total. The lowest BCUT2D eigenvalue weighted by Gasteiger charge is -2.17. The zero-order valence-electron chi connectivity index (χ0n) is 12.6. The van der Waals surface area contributed by atoms with Gasteiger partial charge in [0, 0.05) is 18.8 Å². The monoisotopic (exact) mass is 286 g/mol. The van der Waals surface area contributed by atoms with Crippen molar-refractivity contribution in [2.75, 3.05) is 18.0 Å². The van der Waals surface area contributed by atoms with E-state index in [0.29, 0.717) is 18.9 Å². The van der Waals surface area contributed by atoms with E-state index in [1.54, 1.807) is 0 Å². The molecule has 21 heavy (non-hydrogen) atoms. The lowest BCUT2D eigenvalue weighted by Crippen LogP contribution is -2.34. The first-order chi connectivity index (χ1) is 10.1. The van der Waals surface area contributed by atoms with Crippen LogP contribution in [0.25, 0.3) is 0 Å². The van der Waals surface area contributed by atoms with Crippen LogP contribution in [0, 0.1) is 17.8 Å². The predicted octanol–water partition coefficient (Wildman–Crippen LogP) is 1.98. The lowest BCUT2D eigenvalue weighted by molar-refractivity contribution is -0.126. The molecule has 1 heterocycles. The van der Waals surface area contributed by atoms with Crippen LogP contribution in [0.15, 0.2) is 24.3 Å². The standard InChI is InChI=1S/C17H22N2O2/c1-11(2)10-18-16(20)13-9-14(13)17(21)19-8-7-12-5-3-4-6-15(12)19/h3-6,11,13-14H,7-10H2,1-2H3,(H,18,20). The van der Waals surface area contributed by atoms with E-state index in [-0.39, 0.29) is 23.7 Å². The summed E-state index contributed by atoms with van der Waals surface area (Å²) in [6.45, 7) is 5.56. The molecule has 2 atom stereocenters. The van der Waals surface area contributed by atoms with Gasteiger partial charge in [-0.1, -0.05) is 32.0 Å². The normalized spacial score (nSPS) is 23.1. The van der Waals surface area contributed by atoms with Gasteiger partial charge >= 0.3 is 0 Å². The molecule has 1 fully saturated rings. The summed E-state index contributed by atoms with van der Waals surface area (Å²) in [4.78, 5) is 26.4. The number of rotatable bonds is 4. The van der Waals surface area contributed by atoms with Gasteiger partial charge < -0.3 is 10.2 Å². The Morgan fingerprint density at radius 2 is 2.05 bits per heavy atom. The highest BCUT2D eigenvalue weighted by Crippen LogP contribution is 2.42. The van der Waals surface area contributed by atoms with Gasteiger partial charge in [0.25, 0.3) is 0 Å². The molecule has 0 bridgehead atoms. The molecule has 3 rings (SSSR count). The third-order valence-electron chi connectivity index (χ3n) is 4.28. The summed E-state index contributed by atoms with van der Waals surface area (Å²) >= 11 is 0. The molecule has 0 aromatic heterocycles. The Morgan fingerprint density at radius 3 is 2.81 bits per heavy atom. The first-order valence-electron chi connectivity index (χ1n) is 7.75. The Kier molecular flexibility index (Phi) is 3.70. The van der Waals surface area contributed by atoms with Gasteiger partial charge in [0.05, 0.1) is 11.8 Å². The number of nitrogens with one attached hydrogen (secondary N) is 1. The summed E-state index contributed by atoms with van der Waals surface area (Å²) in [5.41, 5.74) is 2.25. The molecule has 2 amide bonds. The number of fused-ring (bicyclic) bond motifs is 1. The Labute approximate surface area is 125 Å². The van der Waals surface area contributed by atoms with Crippen molar-refractivity contribution in [3.63, 3.8) is 0 Å². The second-order valence-electron chi connectivity index (χ2n) is 6.46. The van der Waals surface area contributed by atoms with Crippen molar-refractivity contribution in [3.05, 3.63) is 29.8 Å². The average molecular weight is 286 g/mol. The lowest BCUT2D eigenvalue weighted by atomic mass is 10.2. The predicted molar refractivity (Wildman–Crippen MR) is 81.9 cm³/mol. The third kappa shape index (κ3) is 2.80. The van der Waals surface area contributed by atoms with E-state index in [2.05, 4.69) is 25.2 Å². The van der Waals surface area contributed by atoms with Crippen molar-refractivity contribution in [2.45, 2.75) is 26.7 Å². The van der Waals surface area contributed by atoms with Crippen molar-refractivity contribution in [1.29, 1.82) is 0 Å². The van der Waals surface area contributed by atoms with Crippen molar-refractivity contribution in [1.82, 2.24) is 5.32 Å². The van der Waals surface area contributed by atoms with Gasteiger partial charge in [0.1, 0.15) is 0 Å². The molecule has 0 saturated heterocycles. The Morgan fingerprint density at radius 1 is 1.29 bits per heavy atom. The third-order valence-corrected chi connectivity index (χ3v) is 4.28. The van der Waals surface area contributed by atoms with Crippen molar-refractivity contribution in [2.24, 2.45) is 17.8 Å². The number of amides is 2. The number of anilines is 1. The van der Waals surface area contributed by atoms with Gasteiger partial charge in [-0.05, 0) is 30.4 Å². The highest BCUT2D eigenvalue weighted by molar-refractivity contribution is 6.02. The van der Waals surface area contributed by atoms with Gasteiger partial charge in [0.15, 0.2) is 0 Å². The van der Waals surface area contributed by atoms with E-state index in [4.69, 9.17) is 0 Å². The zero-order valence-corrected chi connectivity index (χ0v) is 12.6. The average Bonchev–Trinajstić information content (AvgIpc) is 3.16. The second-order valence-corrected chi connectivity index (χ2v) is 6.46. The summed E-state index contributed by atoms with van der Waals surface area (Å²) < 4.78 is 0. The van der Waals surface area contributed by atoms with E-state index in [0.717, 1.165) is 18.7 Å². The zero-order chi connectivity index (χ0) is 15.0. The first kappa shape index (κ1) is 14.1. The number of nitrogens with zero attached hydrogens (tertiary/aromatic N) is 1. The minimum atomic E-state index is -0.122. The minimum absolute atomic E-state index is 0.0366. The number of hydrogen-bond acceptors (Lipinski definition) is 2. The van der Waals surface area contributed by atoms with Crippen LogP contribution in [0.2, 0.25) is 0 Å². The topological polar surface area (TPSA) is 49.4 Å². The van der Waals surface area contributed by atoms with Crippen LogP contribution in [0.1, 0.15) is 25.8 Å². The summed E-state index contributed by atoms with van der Waals surface area (Å²) in [7, 11) is 0. The molecular weight excluding hydrogens is 264 g/mol. The molecule has 1 aromatic carbocycles.